The standard InChI is InChI=1S/C25H31N3O3/c1-19-16-22(10-11-23(19)28-14-4-5-15-28)26-24(29)18-31-25(30)21-8-6-20(7-9-21)17-27-12-2-3-13-27/h6-11,16H,2-5,12-15,17-18H2,1H3,(H,26,29)/p+1. The third-order valence-corrected chi connectivity index (χ3v) is 6.22. The van der Waals surface area contributed by atoms with Gasteiger partial charge in [-0.25, -0.2) is 4.79 Å². The number of hydrogen-bond acceptors (Lipinski definition) is 4. The summed E-state index contributed by atoms with van der Waals surface area (Å²) in [6, 6.07) is 13.4. The molecule has 2 aromatic carbocycles. The lowest BCUT2D eigenvalue weighted by molar-refractivity contribution is -0.901. The molecule has 0 atom stereocenters. The lowest BCUT2D eigenvalue weighted by Crippen LogP contribution is -3.08. The molecular weight excluding hydrogens is 390 g/mol. The second kappa shape index (κ2) is 9.96. The second-order valence-electron chi connectivity index (χ2n) is 8.65. The Morgan fingerprint density at radius 2 is 1.71 bits per heavy atom. The van der Waals surface area contributed by atoms with E-state index in [1.54, 1.807) is 17.0 Å². The van der Waals surface area contributed by atoms with Gasteiger partial charge in [-0.15, -0.1) is 0 Å². The number of anilines is 2. The number of nitrogens with zero attached hydrogens (tertiary/aromatic N) is 1. The van der Waals surface area contributed by atoms with Gasteiger partial charge in [-0.05, 0) is 55.7 Å². The normalized spacial score (nSPS) is 16.5. The highest BCUT2D eigenvalue weighted by Gasteiger charge is 2.17. The van der Waals surface area contributed by atoms with Crippen LogP contribution in [0, 0.1) is 6.92 Å². The van der Waals surface area contributed by atoms with Crippen molar-refractivity contribution in [1.82, 2.24) is 0 Å². The number of carbonyl (C=O) groups is 2. The van der Waals surface area contributed by atoms with Crippen molar-refractivity contribution < 1.29 is 19.2 Å². The molecule has 31 heavy (non-hydrogen) atoms. The van der Waals surface area contributed by atoms with Crippen molar-refractivity contribution in [3.8, 4) is 0 Å². The van der Waals surface area contributed by atoms with E-state index in [9.17, 15) is 9.59 Å². The van der Waals surface area contributed by atoms with Gasteiger partial charge in [-0.2, -0.15) is 0 Å². The highest BCUT2D eigenvalue weighted by molar-refractivity contribution is 5.95. The number of quaternary nitrogens is 1. The molecule has 0 spiro atoms. The van der Waals surface area contributed by atoms with E-state index in [1.807, 2.05) is 30.3 Å². The zero-order valence-corrected chi connectivity index (χ0v) is 18.3. The summed E-state index contributed by atoms with van der Waals surface area (Å²) >= 11 is 0. The highest BCUT2D eigenvalue weighted by atomic mass is 16.5. The first-order valence-corrected chi connectivity index (χ1v) is 11.3. The summed E-state index contributed by atoms with van der Waals surface area (Å²) in [6.45, 7) is 7.36. The van der Waals surface area contributed by atoms with Crippen molar-refractivity contribution in [2.24, 2.45) is 0 Å². The number of nitrogens with one attached hydrogen (secondary N) is 2. The number of rotatable bonds is 7. The molecule has 0 radical (unpaired) electrons. The van der Waals surface area contributed by atoms with Gasteiger partial charge < -0.3 is 19.9 Å². The van der Waals surface area contributed by atoms with Crippen molar-refractivity contribution in [1.29, 1.82) is 0 Å². The van der Waals surface area contributed by atoms with Crippen LogP contribution in [0.25, 0.3) is 0 Å². The van der Waals surface area contributed by atoms with E-state index in [0.29, 0.717) is 5.56 Å². The van der Waals surface area contributed by atoms with Crippen molar-refractivity contribution >= 4 is 23.3 Å². The van der Waals surface area contributed by atoms with Crippen molar-refractivity contribution in [2.45, 2.75) is 39.2 Å². The Kier molecular flexibility index (Phi) is 6.87. The van der Waals surface area contributed by atoms with E-state index in [4.69, 9.17) is 4.74 Å². The average Bonchev–Trinajstić information content (AvgIpc) is 3.47. The summed E-state index contributed by atoms with van der Waals surface area (Å²) in [6.07, 6.45) is 5.05. The summed E-state index contributed by atoms with van der Waals surface area (Å²) in [5, 5.41) is 2.82. The average molecular weight is 423 g/mol. The van der Waals surface area contributed by atoms with Crippen LogP contribution in [0.3, 0.4) is 0 Å². The van der Waals surface area contributed by atoms with Crippen LogP contribution in [0.2, 0.25) is 0 Å². The number of carbonyl (C=O) groups excluding carboxylic acids is 2. The Balaban J connectivity index is 1.25. The van der Waals surface area contributed by atoms with Gasteiger partial charge in [0, 0.05) is 42.9 Å². The van der Waals surface area contributed by atoms with Crippen LogP contribution >= 0.6 is 0 Å². The highest BCUT2D eigenvalue weighted by Crippen LogP contribution is 2.26. The molecule has 0 aliphatic carbocycles. The van der Waals surface area contributed by atoms with Crippen molar-refractivity contribution in [2.75, 3.05) is 43.0 Å². The minimum absolute atomic E-state index is 0.300. The maximum Gasteiger partial charge on any atom is 0.338 e. The van der Waals surface area contributed by atoms with E-state index in [1.165, 1.54) is 50.0 Å². The van der Waals surface area contributed by atoms with Crippen LogP contribution in [-0.4, -0.2) is 44.7 Å². The Bertz CT molecular complexity index is 914. The molecule has 0 aromatic heterocycles. The molecule has 0 bridgehead atoms. The van der Waals surface area contributed by atoms with Crippen LogP contribution in [0.1, 0.15) is 47.2 Å². The first kappa shape index (κ1) is 21.4. The van der Waals surface area contributed by atoms with Gasteiger partial charge in [-0.1, -0.05) is 12.1 Å². The van der Waals surface area contributed by atoms with Gasteiger partial charge in [0.2, 0.25) is 0 Å². The van der Waals surface area contributed by atoms with E-state index < -0.39 is 5.97 Å². The summed E-state index contributed by atoms with van der Waals surface area (Å²) < 4.78 is 5.21. The van der Waals surface area contributed by atoms with E-state index in [2.05, 4.69) is 17.1 Å². The van der Waals surface area contributed by atoms with Gasteiger partial charge in [0.05, 0.1) is 18.7 Å². The van der Waals surface area contributed by atoms with Gasteiger partial charge in [0.25, 0.3) is 5.91 Å². The summed E-state index contributed by atoms with van der Waals surface area (Å²) in [5.74, 6) is -0.813. The molecule has 2 fully saturated rings. The summed E-state index contributed by atoms with van der Waals surface area (Å²) in [4.78, 5) is 28.5. The molecule has 0 unspecified atom stereocenters. The van der Waals surface area contributed by atoms with Crippen molar-refractivity contribution in [3.63, 3.8) is 0 Å². The van der Waals surface area contributed by atoms with Crippen LogP contribution in [0.5, 0.6) is 0 Å². The molecule has 2 aromatic rings. The third-order valence-electron chi connectivity index (χ3n) is 6.22. The fourth-order valence-electron chi connectivity index (χ4n) is 4.56. The SMILES string of the molecule is Cc1cc(NC(=O)COC(=O)c2ccc(C[NH+]3CCCC3)cc2)ccc1N1CCCC1. The smallest absolute Gasteiger partial charge is 0.338 e. The van der Waals surface area contributed by atoms with Gasteiger partial charge >= 0.3 is 5.97 Å². The Labute approximate surface area is 184 Å². The monoisotopic (exact) mass is 422 g/mol. The van der Waals surface area contributed by atoms with Crippen LogP contribution in [-0.2, 0) is 16.1 Å². The van der Waals surface area contributed by atoms with E-state index >= 15 is 0 Å². The predicted octanol–water partition coefficient (Wildman–Crippen LogP) is 2.57. The molecule has 2 aliphatic heterocycles. The predicted molar refractivity (Wildman–Crippen MR) is 122 cm³/mol. The number of ether oxygens (including phenoxy) is 1. The number of esters is 1. The topological polar surface area (TPSA) is 63.1 Å². The maximum absolute atomic E-state index is 12.3. The molecule has 6 heteroatoms. The zero-order valence-electron chi connectivity index (χ0n) is 18.3. The third kappa shape index (κ3) is 5.64. The zero-order chi connectivity index (χ0) is 21.6. The first-order valence-electron chi connectivity index (χ1n) is 11.3. The molecule has 0 saturated carbocycles. The lowest BCUT2D eigenvalue weighted by atomic mass is 10.1. The Hall–Kier alpha value is -2.86. The second-order valence-corrected chi connectivity index (χ2v) is 8.65. The molecule has 2 saturated heterocycles. The minimum Gasteiger partial charge on any atom is -0.452 e. The molecule has 6 nitrogen and oxygen atoms in total. The number of benzene rings is 2. The fourth-order valence-corrected chi connectivity index (χ4v) is 4.56. The van der Waals surface area contributed by atoms with E-state index in [-0.39, 0.29) is 12.5 Å². The largest absolute Gasteiger partial charge is 0.452 e. The van der Waals surface area contributed by atoms with Crippen LogP contribution < -0.4 is 15.1 Å². The number of hydrogen-bond donors (Lipinski definition) is 2. The number of aryl methyl sites for hydroxylation is 1. The molecule has 164 valence electrons. The minimum atomic E-state index is -0.476. The van der Waals surface area contributed by atoms with Crippen LogP contribution in [0.4, 0.5) is 11.4 Å². The summed E-state index contributed by atoms with van der Waals surface area (Å²) in [7, 11) is 0. The molecular formula is C25H32N3O3+. The molecule has 2 heterocycles. The lowest BCUT2D eigenvalue weighted by Gasteiger charge is -2.20. The first-order chi connectivity index (χ1) is 15.1. The molecule has 2 aliphatic rings. The quantitative estimate of drug-likeness (QED) is 0.674. The molecule has 4 rings (SSSR count). The van der Waals surface area contributed by atoms with Gasteiger partial charge in [0.15, 0.2) is 6.61 Å². The van der Waals surface area contributed by atoms with Gasteiger partial charge in [0.1, 0.15) is 6.54 Å². The van der Waals surface area contributed by atoms with E-state index in [0.717, 1.165) is 30.9 Å². The summed E-state index contributed by atoms with van der Waals surface area (Å²) in [5.41, 5.74) is 4.76. The van der Waals surface area contributed by atoms with Crippen molar-refractivity contribution in [3.05, 3.63) is 59.2 Å². The fraction of sp³-hybridized carbons (Fsp3) is 0.440. The Morgan fingerprint density at radius 3 is 2.39 bits per heavy atom. The van der Waals surface area contributed by atoms with Gasteiger partial charge in [-0.3, -0.25) is 4.79 Å². The Morgan fingerprint density at radius 1 is 1.00 bits per heavy atom. The molecule has 2 N–H and O–H groups in total. The number of likely N-dealkylation sites (tertiary alicyclic amines) is 1. The maximum atomic E-state index is 12.3. The number of amides is 1. The van der Waals surface area contributed by atoms with Crippen LogP contribution in [0.15, 0.2) is 42.5 Å². The molecule has 1 amide bonds.